The Morgan fingerprint density at radius 3 is 2.57 bits per heavy atom. The molecular weight excluding hydrogens is 343 g/mol. The summed E-state index contributed by atoms with van der Waals surface area (Å²) in [6.07, 6.45) is 1.67. The van der Waals surface area contributed by atoms with E-state index < -0.39 is 17.9 Å². The van der Waals surface area contributed by atoms with Crippen molar-refractivity contribution < 1.29 is 19.4 Å². The van der Waals surface area contributed by atoms with Crippen LogP contribution in [0, 0.1) is 0 Å². The molecule has 1 heterocycles. The molecule has 1 aromatic rings. The maximum atomic E-state index is 12.0. The predicted octanol–water partition coefficient (Wildman–Crippen LogP) is 2.54. The minimum Gasteiger partial charge on any atom is -0.480 e. The molecule has 0 saturated carbocycles. The fourth-order valence-corrected chi connectivity index (χ4v) is 2.88. The van der Waals surface area contributed by atoms with Crippen molar-refractivity contribution in [2.45, 2.75) is 31.4 Å². The van der Waals surface area contributed by atoms with Crippen LogP contribution in [-0.4, -0.2) is 42.3 Å². The highest BCUT2D eigenvalue weighted by atomic mass is 35.5. The molecule has 0 bridgehead atoms. The summed E-state index contributed by atoms with van der Waals surface area (Å²) in [6.45, 7) is 1.10. The SMILES string of the molecule is O=C(CC(NCC1CCCO1)C(=O)O)Nc1cc(Cl)cc(Cl)c1. The van der Waals surface area contributed by atoms with Crippen molar-refractivity contribution in [2.75, 3.05) is 18.5 Å². The maximum Gasteiger partial charge on any atom is 0.321 e. The van der Waals surface area contributed by atoms with Gasteiger partial charge in [-0.3, -0.25) is 9.59 Å². The number of hydrogen-bond donors (Lipinski definition) is 3. The third kappa shape index (κ3) is 5.99. The summed E-state index contributed by atoms with van der Waals surface area (Å²) in [5.41, 5.74) is 0.427. The van der Waals surface area contributed by atoms with Crippen LogP contribution in [0.4, 0.5) is 5.69 Å². The van der Waals surface area contributed by atoms with E-state index >= 15 is 0 Å². The highest BCUT2D eigenvalue weighted by Gasteiger charge is 2.23. The van der Waals surface area contributed by atoms with E-state index in [1.165, 1.54) is 0 Å². The lowest BCUT2D eigenvalue weighted by molar-refractivity contribution is -0.141. The lowest BCUT2D eigenvalue weighted by atomic mass is 10.1. The molecule has 1 amide bonds. The fraction of sp³-hybridized carbons (Fsp3) is 0.467. The van der Waals surface area contributed by atoms with E-state index in [1.54, 1.807) is 18.2 Å². The molecule has 1 aliphatic rings. The van der Waals surface area contributed by atoms with Gasteiger partial charge < -0.3 is 20.5 Å². The summed E-state index contributed by atoms with van der Waals surface area (Å²) in [5.74, 6) is -1.52. The van der Waals surface area contributed by atoms with Crippen LogP contribution in [0.3, 0.4) is 0 Å². The summed E-state index contributed by atoms with van der Waals surface area (Å²) in [6, 6.07) is 3.65. The van der Waals surface area contributed by atoms with Gasteiger partial charge in [0.2, 0.25) is 5.91 Å². The third-order valence-corrected chi connectivity index (χ3v) is 3.89. The van der Waals surface area contributed by atoms with E-state index in [1.807, 2.05) is 0 Å². The molecule has 1 aromatic carbocycles. The molecule has 2 atom stereocenters. The number of ether oxygens (including phenoxy) is 1. The first-order valence-electron chi connectivity index (χ1n) is 7.28. The molecule has 3 N–H and O–H groups in total. The lowest BCUT2D eigenvalue weighted by Gasteiger charge is -2.17. The molecule has 1 fully saturated rings. The second kappa shape index (κ2) is 8.49. The van der Waals surface area contributed by atoms with Gasteiger partial charge in [0.25, 0.3) is 0 Å². The van der Waals surface area contributed by atoms with Gasteiger partial charge in [-0.2, -0.15) is 0 Å². The van der Waals surface area contributed by atoms with Gasteiger partial charge in [-0.1, -0.05) is 23.2 Å². The van der Waals surface area contributed by atoms with Crippen LogP contribution in [-0.2, 0) is 14.3 Å². The molecule has 6 nitrogen and oxygen atoms in total. The topological polar surface area (TPSA) is 87.7 Å². The number of anilines is 1. The Balaban J connectivity index is 1.87. The smallest absolute Gasteiger partial charge is 0.321 e. The van der Waals surface area contributed by atoms with Gasteiger partial charge in [-0.25, -0.2) is 0 Å². The number of aliphatic carboxylic acids is 1. The molecule has 0 aromatic heterocycles. The van der Waals surface area contributed by atoms with Crippen LogP contribution in [0.1, 0.15) is 19.3 Å². The first-order valence-corrected chi connectivity index (χ1v) is 8.03. The van der Waals surface area contributed by atoms with E-state index in [9.17, 15) is 14.7 Å². The molecule has 0 aliphatic carbocycles. The number of carboxylic acid groups (broad SMARTS) is 1. The number of rotatable bonds is 7. The van der Waals surface area contributed by atoms with E-state index in [0.29, 0.717) is 28.9 Å². The molecule has 1 saturated heterocycles. The number of amides is 1. The van der Waals surface area contributed by atoms with Crippen molar-refractivity contribution in [3.05, 3.63) is 28.2 Å². The van der Waals surface area contributed by atoms with Crippen molar-refractivity contribution in [3.8, 4) is 0 Å². The van der Waals surface area contributed by atoms with Gasteiger partial charge in [0, 0.05) is 28.9 Å². The molecule has 8 heteroatoms. The first-order chi connectivity index (χ1) is 10.9. The van der Waals surface area contributed by atoms with Crippen LogP contribution in [0.25, 0.3) is 0 Å². The minimum absolute atomic E-state index is 0.00616. The van der Waals surface area contributed by atoms with Gasteiger partial charge in [-0.05, 0) is 31.0 Å². The van der Waals surface area contributed by atoms with Gasteiger partial charge in [0.05, 0.1) is 12.5 Å². The van der Waals surface area contributed by atoms with E-state index in [2.05, 4.69) is 10.6 Å². The van der Waals surface area contributed by atoms with Crippen LogP contribution in [0.15, 0.2) is 18.2 Å². The van der Waals surface area contributed by atoms with E-state index in [4.69, 9.17) is 27.9 Å². The van der Waals surface area contributed by atoms with Gasteiger partial charge in [0.15, 0.2) is 0 Å². The summed E-state index contributed by atoms with van der Waals surface area (Å²) in [5, 5.41) is 15.5. The first kappa shape index (κ1) is 18.0. The molecule has 2 rings (SSSR count). The number of nitrogens with one attached hydrogen (secondary N) is 2. The largest absolute Gasteiger partial charge is 0.480 e. The normalized spacial score (nSPS) is 18.6. The summed E-state index contributed by atoms with van der Waals surface area (Å²) >= 11 is 11.7. The predicted molar refractivity (Wildman–Crippen MR) is 88.1 cm³/mol. The zero-order valence-corrected chi connectivity index (χ0v) is 13.9. The van der Waals surface area contributed by atoms with Gasteiger partial charge >= 0.3 is 5.97 Å². The van der Waals surface area contributed by atoms with Gasteiger partial charge in [-0.15, -0.1) is 0 Å². The summed E-state index contributed by atoms with van der Waals surface area (Å²) < 4.78 is 5.42. The number of carboxylic acids is 1. The van der Waals surface area contributed by atoms with Crippen molar-refractivity contribution in [1.82, 2.24) is 5.32 Å². The van der Waals surface area contributed by atoms with E-state index in [-0.39, 0.29) is 12.5 Å². The molecule has 23 heavy (non-hydrogen) atoms. The van der Waals surface area contributed by atoms with Crippen LogP contribution in [0.5, 0.6) is 0 Å². The average Bonchev–Trinajstić information content (AvgIpc) is 2.95. The fourth-order valence-electron chi connectivity index (χ4n) is 2.35. The Morgan fingerprint density at radius 1 is 1.30 bits per heavy atom. The molecule has 126 valence electrons. The molecule has 0 spiro atoms. The molecular formula is C15H18Cl2N2O4. The maximum absolute atomic E-state index is 12.0. The van der Waals surface area contributed by atoms with Crippen LogP contribution < -0.4 is 10.6 Å². The summed E-state index contributed by atoms with van der Waals surface area (Å²) in [7, 11) is 0. The quantitative estimate of drug-likeness (QED) is 0.695. The van der Waals surface area contributed by atoms with Crippen molar-refractivity contribution in [1.29, 1.82) is 0 Å². The Hall–Kier alpha value is -1.34. The number of carbonyl (C=O) groups excluding carboxylic acids is 1. The van der Waals surface area contributed by atoms with Crippen LogP contribution >= 0.6 is 23.2 Å². The van der Waals surface area contributed by atoms with E-state index in [0.717, 1.165) is 12.8 Å². The summed E-state index contributed by atoms with van der Waals surface area (Å²) in [4.78, 5) is 23.3. The lowest BCUT2D eigenvalue weighted by Crippen LogP contribution is -2.43. The number of hydrogen-bond acceptors (Lipinski definition) is 4. The second-order valence-corrected chi connectivity index (χ2v) is 6.22. The zero-order valence-electron chi connectivity index (χ0n) is 12.4. The number of benzene rings is 1. The standard InChI is InChI=1S/C15H18Cl2N2O4/c16-9-4-10(17)6-11(5-9)19-14(20)7-13(15(21)22)18-8-12-2-1-3-23-12/h4-6,12-13,18H,1-3,7-8H2,(H,19,20)(H,21,22). The van der Waals surface area contributed by atoms with Gasteiger partial charge in [0.1, 0.15) is 6.04 Å². The van der Waals surface area contributed by atoms with Crippen LogP contribution in [0.2, 0.25) is 10.0 Å². The molecule has 1 aliphatic heterocycles. The Kier molecular flexibility index (Phi) is 6.65. The monoisotopic (exact) mass is 360 g/mol. The number of carbonyl (C=O) groups is 2. The Morgan fingerprint density at radius 2 is 2.00 bits per heavy atom. The Labute approximate surface area is 144 Å². The van der Waals surface area contributed by atoms with Crippen molar-refractivity contribution >= 4 is 40.8 Å². The van der Waals surface area contributed by atoms with Crippen molar-refractivity contribution in [3.63, 3.8) is 0 Å². The molecule has 2 unspecified atom stereocenters. The Bertz CT molecular complexity index is 556. The third-order valence-electron chi connectivity index (χ3n) is 3.45. The highest BCUT2D eigenvalue weighted by Crippen LogP contribution is 2.22. The zero-order chi connectivity index (χ0) is 16.8. The average molecular weight is 361 g/mol. The number of halogens is 2. The highest BCUT2D eigenvalue weighted by molar-refractivity contribution is 6.35. The van der Waals surface area contributed by atoms with Crippen molar-refractivity contribution in [2.24, 2.45) is 0 Å². The molecule has 0 radical (unpaired) electrons. The minimum atomic E-state index is -1.08. The second-order valence-electron chi connectivity index (χ2n) is 5.34.